The Morgan fingerprint density at radius 2 is 1.92 bits per heavy atom. The standard InChI is InChI=1S/C7H14N2.C3H8/c1-3-7-5-8-9(4-2)6-7;1-3-2/h6,8H,3-5H2,1-2H3;3H2,1-2H3. The largest absolute Gasteiger partial charge is 0.316 e. The minimum absolute atomic E-state index is 1.05. The molecule has 2 heteroatoms. The first kappa shape index (κ1) is 11.5. The smallest absolute Gasteiger partial charge is 0.0377 e. The van der Waals surface area contributed by atoms with E-state index in [9.17, 15) is 0 Å². The topological polar surface area (TPSA) is 15.3 Å². The van der Waals surface area contributed by atoms with Crippen LogP contribution in [0.4, 0.5) is 0 Å². The van der Waals surface area contributed by atoms with Crippen molar-refractivity contribution in [2.75, 3.05) is 13.1 Å². The van der Waals surface area contributed by atoms with Gasteiger partial charge in [-0.15, -0.1) is 0 Å². The van der Waals surface area contributed by atoms with Gasteiger partial charge in [0, 0.05) is 19.3 Å². The monoisotopic (exact) mass is 170 g/mol. The Morgan fingerprint density at radius 1 is 1.33 bits per heavy atom. The van der Waals surface area contributed by atoms with E-state index >= 15 is 0 Å². The van der Waals surface area contributed by atoms with Gasteiger partial charge in [-0.25, -0.2) is 5.43 Å². The quantitative estimate of drug-likeness (QED) is 0.685. The number of hydrazine groups is 1. The SMILES string of the molecule is CCC.CCC1=CN(CC)NC1. The number of nitrogens with one attached hydrogen (secondary N) is 1. The summed E-state index contributed by atoms with van der Waals surface area (Å²) in [4.78, 5) is 0. The molecule has 0 saturated heterocycles. The van der Waals surface area contributed by atoms with Crippen molar-refractivity contribution in [2.45, 2.75) is 40.5 Å². The van der Waals surface area contributed by atoms with Gasteiger partial charge in [0.1, 0.15) is 0 Å². The van der Waals surface area contributed by atoms with Gasteiger partial charge in [-0.3, -0.25) is 0 Å². The highest BCUT2D eigenvalue weighted by Gasteiger charge is 2.06. The molecule has 1 aliphatic rings. The Kier molecular flexibility index (Phi) is 6.87. The third kappa shape index (κ3) is 4.39. The molecule has 0 aliphatic carbocycles. The molecule has 0 aromatic heterocycles. The third-order valence-corrected chi connectivity index (χ3v) is 1.64. The molecule has 1 N–H and O–H groups in total. The van der Waals surface area contributed by atoms with Crippen LogP contribution in [0.15, 0.2) is 11.8 Å². The van der Waals surface area contributed by atoms with Gasteiger partial charge >= 0.3 is 0 Å². The molecule has 0 aromatic carbocycles. The van der Waals surface area contributed by atoms with Crippen LogP contribution >= 0.6 is 0 Å². The van der Waals surface area contributed by atoms with Crippen LogP contribution in [0.1, 0.15) is 40.5 Å². The molecule has 0 fully saturated rings. The first-order valence-corrected chi connectivity index (χ1v) is 4.98. The van der Waals surface area contributed by atoms with Crippen molar-refractivity contribution in [1.82, 2.24) is 10.4 Å². The van der Waals surface area contributed by atoms with Gasteiger partial charge in [-0.1, -0.05) is 27.2 Å². The average molecular weight is 170 g/mol. The maximum absolute atomic E-state index is 3.25. The minimum atomic E-state index is 1.05. The van der Waals surface area contributed by atoms with Crippen LogP contribution < -0.4 is 5.43 Å². The molecule has 0 amide bonds. The van der Waals surface area contributed by atoms with Crippen molar-refractivity contribution in [1.29, 1.82) is 0 Å². The van der Waals surface area contributed by atoms with Crippen LogP contribution in [0.2, 0.25) is 0 Å². The van der Waals surface area contributed by atoms with Gasteiger partial charge in [0.15, 0.2) is 0 Å². The predicted octanol–water partition coefficient (Wildman–Crippen LogP) is 2.54. The Labute approximate surface area is 76.6 Å². The van der Waals surface area contributed by atoms with Gasteiger partial charge < -0.3 is 5.01 Å². The highest BCUT2D eigenvalue weighted by Crippen LogP contribution is 2.06. The molecular formula is C10H22N2. The van der Waals surface area contributed by atoms with Crippen molar-refractivity contribution in [3.05, 3.63) is 11.8 Å². The molecule has 1 aliphatic heterocycles. The van der Waals surface area contributed by atoms with Crippen LogP contribution in [0.25, 0.3) is 0 Å². The van der Waals surface area contributed by atoms with E-state index in [0.29, 0.717) is 0 Å². The second kappa shape index (κ2) is 7.17. The van der Waals surface area contributed by atoms with Crippen molar-refractivity contribution in [2.24, 2.45) is 0 Å². The van der Waals surface area contributed by atoms with E-state index in [2.05, 4.69) is 44.3 Å². The van der Waals surface area contributed by atoms with Crippen LogP contribution in [0, 0.1) is 0 Å². The second-order valence-electron chi connectivity index (χ2n) is 2.97. The van der Waals surface area contributed by atoms with Gasteiger partial charge in [-0.05, 0) is 18.9 Å². The first-order valence-electron chi connectivity index (χ1n) is 4.98. The van der Waals surface area contributed by atoms with E-state index in [1.807, 2.05) is 0 Å². The molecule has 2 nitrogen and oxygen atoms in total. The Hall–Kier alpha value is -0.500. The lowest BCUT2D eigenvalue weighted by Crippen LogP contribution is -2.28. The minimum Gasteiger partial charge on any atom is -0.316 e. The molecular weight excluding hydrogens is 148 g/mol. The maximum atomic E-state index is 3.25. The average Bonchev–Trinajstić information content (AvgIpc) is 2.53. The van der Waals surface area contributed by atoms with Gasteiger partial charge in [0.05, 0.1) is 0 Å². The molecule has 0 radical (unpaired) electrons. The van der Waals surface area contributed by atoms with E-state index in [4.69, 9.17) is 0 Å². The van der Waals surface area contributed by atoms with E-state index in [-0.39, 0.29) is 0 Å². The summed E-state index contributed by atoms with van der Waals surface area (Å²) in [5.41, 5.74) is 4.75. The van der Waals surface area contributed by atoms with Crippen molar-refractivity contribution in [3.8, 4) is 0 Å². The molecule has 0 atom stereocenters. The highest BCUT2D eigenvalue weighted by atomic mass is 15.5. The summed E-state index contributed by atoms with van der Waals surface area (Å²) in [6, 6.07) is 0. The maximum Gasteiger partial charge on any atom is 0.0377 e. The molecule has 0 aromatic rings. The van der Waals surface area contributed by atoms with Crippen molar-refractivity contribution < 1.29 is 0 Å². The number of rotatable bonds is 2. The number of hydrogen-bond donors (Lipinski definition) is 1. The summed E-state index contributed by atoms with van der Waals surface area (Å²) in [5, 5.41) is 2.12. The van der Waals surface area contributed by atoms with Crippen LogP contribution in [0.3, 0.4) is 0 Å². The summed E-state index contributed by atoms with van der Waals surface area (Å²) in [7, 11) is 0. The summed E-state index contributed by atoms with van der Waals surface area (Å²) in [6.07, 6.45) is 4.61. The van der Waals surface area contributed by atoms with E-state index in [0.717, 1.165) is 13.1 Å². The van der Waals surface area contributed by atoms with E-state index in [1.165, 1.54) is 18.4 Å². The molecule has 0 bridgehead atoms. The van der Waals surface area contributed by atoms with E-state index < -0.39 is 0 Å². The van der Waals surface area contributed by atoms with Gasteiger partial charge in [0.2, 0.25) is 0 Å². The summed E-state index contributed by atoms with van der Waals surface area (Å²) in [5.74, 6) is 0. The van der Waals surface area contributed by atoms with Crippen LogP contribution in [-0.2, 0) is 0 Å². The number of nitrogens with zero attached hydrogens (tertiary/aromatic N) is 1. The zero-order chi connectivity index (χ0) is 9.40. The third-order valence-electron chi connectivity index (χ3n) is 1.64. The highest BCUT2D eigenvalue weighted by molar-refractivity contribution is 5.06. The molecule has 12 heavy (non-hydrogen) atoms. The normalized spacial score (nSPS) is 15.3. The fourth-order valence-corrected chi connectivity index (χ4v) is 0.934. The summed E-state index contributed by atoms with van der Waals surface area (Å²) < 4.78 is 0. The second-order valence-corrected chi connectivity index (χ2v) is 2.97. The molecule has 72 valence electrons. The molecule has 0 saturated carbocycles. The van der Waals surface area contributed by atoms with Crippen LogP contribution in [0.5, 0.6) is 0 Å². The molecule has 0 unspecified atom stereocenters. The fraction of sp³-hybridized carbons (Fsp3) is 0.800. The lowest BCUT2D eigenvalue weighted by atomic mass is 10.2. The van der Waals surface area contributed by atoms with Crippen LogP contribution in [-0.4, -0.2) is 18.1 Å². The molecule has 1 heterocycles. The predicted molar refractivity (Wildman–Crippen MR) is 54.7 cm³/mol. The van der Waals surface area contributed by atoms with Crippen molar-refractivity contribution in [3.63, 3.8) is 0 Å². The fourth-order valence-electron chi connectivity index (χ4n) is 0.934. The Morgan fingerprint density at radius 3 is 2.17 bits per heavy atom. The zero-order valence-electron chi connectivity index (χ0n) is 8.85. The molecule has 1 rings (SSSR count). The van der Waals surface area contributed by atoms with Gasteiger partial charge in [0.25, 0.3) is 0 Å². The Balaban J connectivity index is 0.000000354. The van der Waals surface area contributed by atoms with Gasteiger partial charge in [-0.2, -0.15) is 0 Å². The number of hydrogen-bond acceptors (Lipinski definition) is 2. The first-order chi connectivity index (χ1) is 5.78. The zero-order valence-corrected chi connectivity index (χ0v) is 8.85. The lowest BCUT2D eigenvalue weighted by molar-refractivity contribution is 0.323. The Bertz CT molecular complexity index is 130. The van der Waals surface area contributed by atoms with E-state index in [1.54, 1.807) is 0 Å². The summed E-state index contributed by atoms with van der Waals surface area (Å²) in [6.45, 7) is 10.7. The lowest BCUT2D eigenvalue weighted by Gasteiger charge is -2.10. The summed E-state index contributed by atoms with van der Waals surface area (Å²) >= 11 is 0. The molecule has 0 spiro atoms. The van der Waals surface area contributed by atoms with Crippen molar-refractivity contribution >= 4 is 0 Å².